The fraction of sp³-hybridized carbons (Fsp3) is 0.208. The summed E-state index contributed by atoms with van der Waals surface area (Å²) in [5.74, 6) is 1.45. The van der Waals surface area contributed by atoms with Gasteiger partial charge in [-0.2, -0.15) is 0 Å². The number of fused-ring (bicyclic) bond motifs is 4. The molecule has 32 heavy (non-hydrogen) atoms. The van der Waals surface area contributed by atoms with Crippen LogP contribution in [0, 0.1) is 0 Å². The topological polar surface area (TPSA) is 63.6 Å². The molecule has 160 valence electrons. The zero-order valence-electron chi connectivity index (χ0n) is 17.1. The predicted octanol–water partition coefficient (Wildman–Crippen LogP) is 6.15. The van der Waals surface area contributed by atoms with Crippen molar-refractivity contribution in [2.24, 2.45) is 0 Å². The smallest absolute Gasteiger partial charge is 0.267 e. The highest BCUT2D eigenvalue weighted by atomic mass is 35.5. The summed E-state index contributed by atoms with van der Waals surface area (Å²) < 4.78 is 1.73. The number of rotatable bonds is 4. The average Bonchev–Trinajstić information content (AvgIpc) is 3.39. The number of nitrogens with zero attached hydrogens (tertiary/aromatic N) is 3. The molecular weight excluding hydrogens is 460 g/mol. The molecule has 3 heterocycles. The molecule has 0 bridgehead atoms. The molecule has 0 radical (unpaired) electrons. The van der Waals surface area contributed by atoms with E-state index in [1.54, 1.807) is 15.9 Å². The fourth-order valence-corrected chi connectivity index (χ4v) is 6.62. The number of hydrogen-bond acceptors (Lipinski definition) is 5. The van der Waals surface area contributed by atoms with Crippen LogP contribution in [-0.2, 0) is 18.6 Å². The van der Waals surface area contributed by atoms with Crippen LogP contribution in [0.5, 0.6) is 0 Å². The molecule has 0 saturated heterocycles. The Bertz CT molecular complexity index is 1480. The van der Waals surface area contributed by atoms with Crippen molar-refractivity contribution in [1.82, 2.24) is 19.5 Å². The van der Waals surface area contributed by atoms with Crippen LogP contribution >= 0.6 is 34.7 Å². The number of aryl methyl sites for hydroxylation is 2. The molecule has 5 aromatic rings. The lowest BCUT2D eigenvalue weighted by Crippen LogP contribution is -2.22. The van der Waals surface area contributed by atoms with Gasteiger partial charge in [0.1, 0.15) is 10.7 Å². The molecular formula is C24H19ClN4OS2. The number of H-pyrrole nitrogens is 1. The Hall–Kier alpha value is -2.61. The molecule has 0 fully saturated rings. The monoisotopic (exact) mass is 478 g/mol. The Balaban J connectivity index is 1.48. The molecule has 0 spiro atoms. The highest BCUT2D eigenvalue weighted by molar-refractivity contribution is 7.98. The van der Waals surface area contributed by atoms with Gasteiger partial charge < -0.3 is 4.98 Å². The molecule has 0 aliphatic heterocycles. The van der Waals surface area contributed by atoms with E-state index < -0.39 is 0 Å². The van der Waals surface area contributed by atoms with Crippen LogP contribution in [-0.4, -0.2) is 19.5 Å². The van der Waals surface area contributed by atoms with Gasteiger partial charge in [-0.15, -0.1) is 11.3 Å². The summed E-state index contributed by atoms with van der Waals surface area (Å²) in [7, 11) is 0. The molecule has 0 amide bonds. The van der Waals surface area contributed by atoms with E-state index in [2.05, 4.69) is 9.97 Å². The van der Waals surface area contributed by atoms with Gasteiger partial charge in [-0.05, 0) is 67.6 Å². The molecule has 5 nitrogen and oxygen atoms in total. The molecule has 1 aliphatic rings. The summed E-state index contributed by atoms with van der Waals surface area (Å²) in [5.41, 5.74) is 3.92. The highest BCUT2D eigenvalue weighted by Gasteiger charge is 2.23. The van der Waals surface area contributed by atoms with Gasteiger partial charge in [0.25, 0.3) is 5.56 Å². The van der Waals surface area contributed by atoms with Gasteiger partial charge in [-0.3, -0.25) is 9.36 Å². The summed E-state index contributed by atoms with van der Waals surface area (Å²) in [6, 6.07) is 15.3. The van der Waals surface area contributed by atoms with Gasteiger partial charge >= 0.3 is 0 Å². The summed E-state index contributed by atoms with van der Waals surface area (Å²) in [6.07, 6.45) is 4.30. The largest absolute Gasteiger partial charge is 0.341 e. The lowest BCUT2D eigenvalue weighted by Gasteiger charge is -2.13. The Morgan fingerprint density at radius 2 is 1.88 bits per heavy atom. The van der Waals surface area contributed by atoms with Crippen LogP contribution in [0.2, 0.25) is 5.02 Å². The third-order valence-electron chi connectivity index (χ3n) is 5.82. The number of benzene rings is 2. The number of thioether (sulfide) groups is 1. The quantitative estimate of drug-likeness (QED) is 0.248. The zero-order chi connectivity index (χ0) is 21.7. The van der Waals surface area contributed by atoms with E-state index in [-0.39, 0.29) is 5.56 Å². The standard InChI is InChI=1S/C24H19ClN4OS2/c25-14-9-11-15(12-10-14)29-23(30)21-16-5-1-4-8-19(16)32-22(21)28-24(29)31-13-20-26-17-6-2-3-7-18(17)27-20/h2-3,6-7,9-12H,1,4-5,8,13H2,(H,26,27). The van der Waals surface area contributed by atoms with Crippen molar-refractivity contribution in [3.63, 3.8) is 0 Å². The van der Waals surface area contributed by atoms with Crippen molar-refractivity contribution in [2.45, 2.75) is 36.6 Å². The van der Waals surface area contributed by atoms with Crippen LogP contribution in [0.15, 0.2) is 58.5 Å². The minimum absolute atomic E-state index is 0.00354. The highest BCUT2D eigenvalue weighted by Crippen LogP contribution is 2.35. The van der Waals surface area contributed by atoms with Crippen molar-refractivity contribution in [1.29, 1.82) is 0 Å². The third-order valence-corrected chi connectivity index (χ3v) is 8.21. The van der Waals surface area contributed by atoms with Crippen LogP contribution < -0.4 is 5.56 Å². The van der Waals surface area contributed by atoms with Gasteiger partial charge in [0, 0.05) is 9.90 Å². The SMILES string of the molecule is O=c1c2c3c(sc2nc(SCc2nc4ccccc4[nH]2)n1-c1ccc(Cl)cc1)CCCC3. The number of aromatic nitrogens is 4. The van der Waals surface area contributed by atoms with Crippen molar-refractivity contribution in [3.05, 3.63) is 80.2 Å². The summed E-state index contributed by atoms with van der Waals surface area (Å²) >= 11 is 9.31. The lowest BCUT2D eigenvalue weighted by molar-refractivity contribution is 0.699. The molecule has 0 unspecified atom stereocenters. The number of hydrogen-bond donors (Lipinski definition) is 1. The van der Waals surface area contributed by atoms with Gasteiger partial charge in [0.05, 0.1) is 27.9 Å². The summed E-state index contributed by atoms with van der Waals surface area (Å²) in [5, 5.41) is 2.09. The predicted molar refractivity (Wildman–Crippen MR) is 133 cm³/mol. The maximum atomic E-state index is 13.8. The van der Waals surface area contributed by atoms with Gasteiger partial charge in [0.15, 0.2) is 5.16 Å². The number of aromatic amines is 1. The Morgan fingerprint density at radius 1 is 1.06 bits per heavy atom. The minimum atomic E-state index is 0.00354. The number of nitrogens with one attached hydrogen (secondary N) is 1. The lowest BCUT2D eigenvalue weighted by atomic mass is 9.97. The minimum Gasteiger partial charge on any atom is -0.341 e. The van der Waals surface area contributed by atoms with E-state index in [4.69, 9.17) is 16.6 Å². The number of para-hydroxylation sites is 2. The summed E-state index contributed by atoms with van der Waals surface area (Å²) in [4.78, 5) is 29.0. The normalized spacial score (nSPS) is 13.7. The molecule has 1 aliphatic carbocycles. The Kier molecular flexibility index (Phi) is 5.05. The van der Waals surface area contributed by atoms with Gasteiger partial charge in [-0.1, -0.05) is 35.5 Å². The molecule has 2 aromatic carbocycles. The molecule has 1 N–H and O–H groups in total. The van der Waals surface area contributed by atoms with Gasteiger partial charge in [0.2, 0.25) is 0 Å². The number of thiophene rings is 1. The van der Waals surface area contributed by atoms with Crippen molar-refractivity contribution < 1.29 is 0 Å². The molecule has 0 saturated carbocycles. The first kappa shape index (κ1) is 20.0. The average molecular weight is 479 g/mol. The number of imidazole rings is 1. The van der Waals surface area contributed by atoms with Crippen molar-refractivity contribution in [2.75, 3.05) is 0 Å². The molecule has 6 rings (SSSR count). The van der Waals surface area contributed by atoms with Crippen LogP contribution in [0.3, 0.4) is 0 Å². The van der Waals surface area contributed by atoms with E-state index in [9.17, 15) is 4.79 Å². The van der Waals surface area contributed by atoms with E-state index in [0.717, 1.165) is 52.0 Å². The Morgan fingerprint density at radius 3 is 2.72 bits per heavy atom. The van der Waals surface area contributed by atoms with E-state index in [0.29, 0.717) is 15.9 Å². The van der Waals surface area contributed by atoms with E-state index in [1.165, 1.54) is 28.6 Å². The van der Waals surface area contributed by atoms with Crippen LogP contribution in [0.1, 0.15) is 29.1 Å². The second-order valence-electron chi connectivity index (χ2n) is 7.89. The maximum absolute atomic E-state index is 13.8. The first-order valence-electron chi connectivity index (χ1n) is 10.6. The second kappa shape index (κ2) is 8.06. The Labute approximate surface area is 197 Å². The van der Waals surface area contributed by atoms with E-state index in [1.807, 2.05) is 48.5 Å². The zero-order valence-corrected chi connectivity index (χ0v) is 19.5. The maximum Gasteiger partial charge on any atom is 0.267 e. The van der Waals surface area contributed by atoms with Crippen LogP contribution in [0.4, 0.5) is 0 Å². The van der Waals surface area contributed by atoms with Crippen LogP contribution in [0.25, 0.3) is 26.9 Å². The molecule has 8 heteroatoms. The van der Waals surface area contributed by atoms with Crippen molar-refractivity contribution >= 4 is 55.9 Å². The fourth-order valence-electron chi connectivity index (χ4n) is 4.31. The molecule has 0 atom stereocenters. The first-order valence-corrected chi connectivity index (χ1v) is 12.7. The first-order chi connectivity index (χ1) is 15.7. The number of halogens is 1. The van der Waals surface area contributed by atoms with E-state index >= 15 is 0 Å². The molecule has 3 aromatic heterocycles. The van der Waals surface area contributed by atoms with Crippen molar-refractivity contribution in [3.8, 4) is 5.69 Å². The van der Waals surface area contributed by atoms with Gasteiger partial charge in [-0.25, -0.2) is 9.97 Å². The second-order valence-corrected chi connectivity index (χ2v) is 10.4. The summed E-state index contributed by atoms with van der Waals surface area (Å²) in [6.45, 7) is 0. The third kappa shape index (κ3) is 3.45.